The molecule has 1 aliphatic heterocycles. The molecule has 2 aromatic rings. The van der Waals surface area contributed by atoms with Gasteiger partial charge in [0.1, 0.15) is 6.04 Å². The number of carbonyl (C=O) groups is 2. The molecule has 3 rings (SSSR count). The molecule has 2 aromatic carbocycles. The number of amides is 2. The normalized spacial score (nSPS) is 16.8. The van der Waals surface area contributed by atoms with Gasteiger partial charge in [0.15, 0.2) is 0 Å². The van der Waals surface area contributed by atoms with E-state index in [1.807, 2.05) is 6.92 Å². The summed E-state index contributed by atoms with van der Waals surface area (Å²) in [5.74, 6) is -0.837. The molecule has 1 aliphatic rings. The van der Waals surface area contributed by atoms with E-state index in [1.165, 1.54) is 0 Å². The van der Waals surface area contributed by atoms with Crippen LogP contribution in [0, 0.1) is 6.92 Å². The molecule has 0 aliphatic carbocycles. The number of ether oxygens (including phenoxy) is 1. The topological polar surface area (TPSA) is 105 Å². The zero-order valence-electron chi connectivity index (χ0n) is 19.2. The molecule has 0 saturated carbocycles. The summed E-state index contributed by atoms with van der Waals surface area (Å²) in [7, 11) is -3.74. The first-order valence-electron chi connectivity index (χ1n) is 11.1. The van der Waals surface area contributed by atoms with Gasteiger partial charge in [0.05, 0.1) is 29.3 Å². The molecule has 1 heterocycles. The van der Waals surface area contributed by atoms with Crippen LogP contribution in [0.5, 0.6) is 0 Å². The van der Waals surface area contributed by atoms with E-state index < -0.39 is 22.0 Å². The average molecular weight is 474 g/mol. The number of rotatable bonds is 9. The van der Waals surface area contributed by atoms with Crippen molar-refractivity contribution in [1.29, 1.82) is 0 Å². The van der Waals surface area contributed by atoms with E-state index in [1.54, 1.807) is 55.5 Å². The predicted octanol–water partition coefficient (Wildman–Crippen LogP) is 3.09. The highest BCUT2D eigenvalue weighted by Crippen LogP contribution is 2.24. The third-order valence-electron chi connectivity index (χ3n) is 5.56. The van der Waals surface area contributed by atoms with Gasteiger partial charge in [0, 0.05) is 13.2 Å². The number of para-hydroxylation sites is 1. The van der Waals surface area contributed by atoms with Crippen LogP contribution < -0.4 is 14.9 Å². The number of nitrogens with one attached hydrogen (secondary N) is 2. The fourth-order valence-electron chi connectivity index (χ4n) is 3.87. The minimum atomic E-state index is -3.74. The minimum absolute atomic E-state index is 0.00185. The van der Waals surface area contributed by atoms with Crippen molar-refractivity contribution in [2.45, 2.75) is 45.3 Å². The van der Waals surface area contributed by atoms with Gasteiger partial charge in [-0.3, -0.25) is 13.9 Å². The number of hydrogen-bond donors (Lipinski definition) is 2. The number of carbonyl (C=O) groups excluding carboxylic acids is 2. The molecule has 8 nitrogen and oxygen atoms in total. The van der Waals surface area contributed by atoms with E-state index in [4.69, 9.17) is 4.74 Å². The van der Waals surface area contributed by atoms with Gasteiger partial charge in [-0.1, -0.05) is 36.8 Å². The lowest BCUT2D eigenvalue weighted by atomic mass is 10.1. The van der Waals surface area contributed by atoms with Gasteiger partial charge in [-0.2, -0.15) is 0 Å². The number of aryl methyl sites for hydroxylation is 1. The molecule has 0 aromatic heterocycles. The van der Waals surface area contributed by atoms with E-state index in [-0.39, 0.29) is 18.4 Å². The molecule has 0 radical (unpaired) electrons. The molecular weight excluding hydrogens is 442 g/mol. The standard InChI is InChI=1S/C24H31N3O5S/c1-4-22(27(33(3,30)31)18-13-11-17(2)12-14-18)24(29)26-21-10-6-5-9-20(21)23(28)25-16-19-8-7-15-32-19/h5-6,9-14,19,22H,4,7-8,15-16H2,1-3H3,(H,25,28)(H,26,29)/t19-,22+/m0/s1. The van der Waals surface area contributed by atoms with Crippen LogP contribution in [0.3, 0.4) is 0 Å². The molecule has 2 amide bonds. The SMILES string of the molecule is CC[C@H](C(=O)Nc1ccccc1C(=O)NC[C@@H]1CCCO1)N(c1ccc(C)cc1)S(C)(=O)=O. The zero-order valence-corrected chi connectivity index (χ0v) is 20.0. The second-order valence-corrected chi connectivity index (χ2v) is 10.1. The molecule has 2 atom stereocenters. The van der Waals surface area contributed by atoms with E-state index >= 15 is 0 Å². The van der Waals surface area contributed by atoms with Crippen LogP contribution in [0.15, 0.2) is 48.5 Å². The van der Waals surface area contributed by atoms with Crippen LogP contribution in [-0.2, 0) is 19.6 Å². The van der Waals surface area contributed by atoms with Crippen molar-refractivity contribution < 1.29 is 22.7 Å². The molecule has 1 fully saturated rings. The van der Waals surface area contributed by atoms with Crippen molar-refractivity contribution >= 4 is 33.2 Å². The number of benzene rings is 2. The van der Waals surface area contributed by atoms with Gasteiger partial charge in [-0.25, -0.2) is 8.42 Å². The molecule has 9 heteroatoms. The zero-order chi connectivity index (χ0) is 24.0. The van der Waals surface area contributed by atoms with Crippen LogP contribution in [-0.4, -0.2) is 51.8 Å². The van der Waals surface area contributed by atoms with Gasteiger partial charge in [0.25, 0.3) is 5.91 Å². The summed E-state index contributed by atoms with van der Waals surface area (Å²) in [6.45, 7) is 4.74. The summed E-state index contributed by atoms with van der Waals surface area (Å²) in [4.78, 5) is 26.0. The molecule has 0 bridgehead atoms. The maximum atomic E-state index is 13.2. The minimum Gasteiger partial charge on any atom is -0.376 e. The molecule has 33 heavy (non-hydrogen) atoms. The van der Waals surface area contributed by atoms with Crippen molar-refractivity contribution in [2.24, 2.45) is 0 Å². The molecule has 2 N–H and O–H groups in total. The third-order valence-corrected chi connectivity index (χ3v) is 6.74. The molecule has 1 saturated heterocycles. The van der Waals surface area contributed by atoms with Gasteiger partial charge < -0.3 is 15.4 Å². The summed E-state index contributed by atoms with van der Waals surface area (Å²) < 4.78 is 31.9. The van der Waals surface area contributed by atoms with Crippen molar-refractivity contribution in [1.82, 2.24) is 5.32 Å². The lowest BCUT2D eigenvalue weighted by molar-refractivity contribution is -0.117. The number of hydrogen-bond acceptors (Lipinski definition) is 5. The van der Waals surface area contributed by atoms with E-state index in [0.29, 0.717) is 30.1 Å². The van der Waals surface area contributed by atoms with Crippen LogP contribution >= 0.6 is 0 Å². The van der Waals surface area contributed by atoms with Gasteiger partial charge in [0.2, 0.25) is 15.9 Å². The second-order valence-electron chi connectivity index (χ2n) is 8.20. The smallest absolute Gasteiger partial charge is 0.253 e. The first-order chi connectivity index (χ1) is 15.7. The van der Waals surface area contributed by atoms with Crippen LogP contribution in [0.25, 0.3) is 0 Å². The van der Waals surface area contributed by atoms with E-state index in [2.05, 4.69) is 10.6 Å². The van der Waals surface area contributed by atoms with Gasteiger partial charge in [-0.05, 0) is 50.5 Å². The monoisotopic (exact) mass is 473 g/mol. The van der Waals surface area contributed by atoms with Gasteiger partial charge >= 0.3 is 0 Å². The Kier molecular flexibility index (Phi) is 8.10. The molecular formula is C24H31N3O5S. The summed E-state index contributed by atoms with van der Waals surface area (Å²) in [6, 6.07) is 12.6. The quantitative estimate of drug-likeness (QED) is 0.582. The highest BCUT2D eigenvalue weighted by atomic mass is 32.2. The lowest BCUT2D eigenvalue weighted by Gasteiger charge is -2.30. The first kappa shape index (κ1) is 24.7. The summed E-state index contributed by atoms with van der Waals surface area (Å²) in [5, 5.41) is 5.62. The highest BCUT2D eigenvalue weighted by Gasteiger charge is 2.32. The summed E-state index contributed by atoms with van der Waals surface area (Å²) >= 11 is 0. The third kappa shape index (κ3) is 6.33. The maximum absolute atomic E-state index is 13.2. The Morgan fingerprint density at radius 1 is 1.15 bits per heavy atom. The van der Waals surface area contributed by atoms with Crippen LogP contribution in [0.2, 0.25) is 0 Å². The van der Waals surface area contributed by atoms with E-state index in [0.717, 1.165) is 29.0 Å². The number of anilines is 2. The molecule has 178 valence electrons. The lowest BCUT2D eigenvalue weighted by Crippen LogP contribution is -2.47. The fraction of sp³-hybridized carbons (Fsp3) is 0.417. The number of nitrogens with zero attached hydrogens (tertiary/aromatic N) is 1. The van der Waals surface area contributed by atoms with Crippen molar-refractivity contribution in [2.75, 3.05) is 29.0 Å². The number of sulfonamides is 1. The Morgan fingerprint density at radius 2 is 1.85 bits per heavy atom. The predicted molar refractivity (Wildman–Crippen MR) is 129 cm³/mol. The van der Waals surface area contributed by atoms with Crippen molar-refractivity contribution in [3.8, 4) is 0 Å². The second kappa shape index (κ2) is 10.8. The summed E-state index contributed by atoms with van der Waals surface area (Å²) in [5.41, 5.74) is 2.02. The highest BCUT2D eigenvalue weighted by molar-refractivity contribution is 7.92. The van der Waals surface area contributed by atoms with Crippen LogP contribution in [0.4, 0.5) is 11.4 Å². The maximum Gasteiger partial charge on any atom is 0.253 e. The van der Waals surface area contributed by atoms with Crippen molar-refractivity contribution in [3.63, 3.8) is 0 Å². The van der Waals surface area contributed by atoms with Gasteiger partial charge in [-0.15, -0.1) is 0 Å². The Morgan fingerprint density at radius 3 is 2.45 bits per heavy atom. The largest absolute Gasteiger partial charge is 0.376 e. The van der Waals surface area contributed by atoms with E-state index in [9.17, 15) is 18.0 Å². The Labute approximate surface area is 195 Å². The van der Waals surface area contributed by atoms with Crippen LogP contribution in [0.1, 0.15) is 42.1 Å². The molecule has 0 unspecified atom stereocenters. The Hall–Kier alpha value is -2.91. The fourth-order valence-corrected chi connectivity index (χ4v) is 5.08. The Bertz CT molecular complexity index is 1080. The first-order valence-corrected chi connectivity index (χ1v) is 12.9. The van der Waals surface area contributed by atoms with Crippen molar-refractivity contribution in [3.05, 3.63) is 59.7 Å². The summed E-state index contributed by atoms with van der Waals surface area (Å²) in [6.07, 6.45) is 3.20. The average Bonchev–Trinajstić information content (AvgIpc) is 3.30. The Balaban J connectivity index is 1.81. The molecule has 0 spiro atoms.